The summed E-state index contributed by atoms with van der Waals surface area (Å²) in [6.45, 7) is 2.12. The van der Waals surface area contributed by atoms with Gasteiger partial charge in [0.05, 0.1) is 10.9 Å². The summed E-state index contributed by atoms with van der Waals surface area (Å²) in [5.41, 5.74) is 4.46. The predicted molar refractivity (Wildman–Crippen MR) is 145 cm³/mol. The molecule has 1 fully saturated rings. The van der Waals surface area contributed by atoms with E-state index < -0.39 is 10.0 Å². The molecule has 1 aliphatic rings. The molecule has 1 unspecified atom stereocenters. The van der Waals surface area contributed by atoms with Gasteiger partial charge in [-0.1, -0.05) is 54.6 Å². The number of aryl methyl sites for hydroxylation is 1. The summed E-state index contributed by atoms with van der Waals surface area (Å²) >= 11 is 0. The van der Waals surface area contributed by atoms with E-state index in [1.807, 2.05) is 24.4 Å². The lowest BCUT2D eigenvalue weighted by Crippen LogP contribution is -2.37. The molecular weight excluding hydrogens is 468 g/mol. The predicted octanol–water partition coefficient (Wildman–Crippen LogP) is 5.17. The lowest BCUT2D eigenvalue weighted by molar-refractivity contribution is 0.244. The number of aromatic amines is 1. The van der Waals surface area contributed by atoms with Crippen LogP contribution in [0.4, 0.5) is 0 Å². The van der Waals surface area contributed by atoms with Crippen molar-refractivity contribution in [2.45, 2.75) is 23.3 Å². The van der Waals surface area contributed by atoms with E-state index in [-0.39, 0.29) is 10.9 Å². The van der Waals surface area contributed by atoms with Crippen molar-refractivity contribution in [1.82, 2.24) is 19.2 Å². The molecule has 1 saturated heterocycles. The van der Waals surface area contributed by atoms with Crippen LogP contribution in [0.25, 0.3) is 21.8 Å². The van der Waals surface area contributed by atoms with Crippen LogP contribution in [-0.2, 0) is 17.1 Å². The largest absolute Gasteiger partial charge is 0.361 e. The van der Waals surface area contributed by atoms with Crippen LogP contribution in [0.3, 0.4) is 0 Å². The smallest absolute Gasteiger partial charge is 0.240 e. The van der Waals surface area contributed by atoms with Crippen LogP contribution in [0, 0.1) is 0 Å². The number of hydrogen-bond acceptors (Lipinski definition) is 3. The summed E-state index contributed by atoms with van der Waals surface area (Å²) in [5.74, 6) is 0.440. The van der Waals surface area contributed by atoms with E-state index >= 15 is 0 Å². The van der Waals surface area contributed by atoms with Gasteiger partial charge in [-0.25, -0.2) is 13.1 Å². The minimum Gasteiger partial charge on any atom is -0.361 e. The number of likely N-dealkylation sites (tertiary alicyclic amines) is 1. The zero-order valence-corrected chi connectivity index (χ0v) is 21.1. The highest BCUT2D eigenvalue weighted by atomic mass is 32.2. The zero-order valence-electron chi connectivity index (χ0n) is 20.3. The van der Waals surface area contributed by atoms with E-state index in [0.717, 1.165) is 41.5 Å². The molecule has 3 aromatic carbocycles. The van der Waals surface area contributed by atoms with E-state index in [9.17, 15) is 8.42 Å². The minimum absolute atomic E-state index is 0.0752. The first kappa shape index (κ1) is 23.0. The second-order valence-corrected chi connectivity index (χ2v) is 11.5. The molecule has 2 N–H and O–H groups in total. The first-order valence-corrected chi connectivity index (χ1v) is 13.9. The Balaban J connectivity index is 1.32. The Labute approximate surface area is 211 Å². The SMILES string of the molecule is Cn1cc(C(CNS(=O)(=O)c2ccc3cc[nH]c3c2)N2CC[C@H](c3ccccc3)C2)c2ccccc21. The van der Waals surface area contributed by atoms with Crippen molar-refractivity contribution in [3.05, 3.63) is 102 Å². The van der Waals surface area contributed by atoms with Crippen molar-refractivity contribution in [3.63, 3.8) is 0 Å². The molecule has 1 aliphatic heterocycles. The zero-order chi connectivity index (χ0) is 24.7. The monoisotopic (exact) mass is 498 g/mol. The Morgan fingerprint density at radius 3 is 2.69 bits per heavy atom. The standard InChI is InChI=1S/C29H30N4O2S/c1-32-20-26(25-9-5-6-10-28(25)32)29(33-16-14-23(19-33)21-7-3-2-4-8-21)18-31-36(34,35)24-12-11-22-13-15-30-27(22)17-24/h2-13,15,17,20,23,29-31H,14,16,18-19H2,1H3/t23-,29?/m0/s1. The normalized spacial score (nSPS) is 17.8. The molecule has 0 radical (unpaired) electrons. The summed E-state index contributed by atoms with van der Waals surface area (Å²) in [7, 11) is -1.63. The summed E-state index contributed by atoms with van der Waals surface area (Å²) in [5, 5.41) is 2.16. The second-order valence-electron chi connectivity index (χ2n) is 9.70. The van der Waals surface area contributed by atoms with Gasteiger partial charge in [0.1, 0.15) is 0 Å². The Bertz CT molecular complexity index is 1620. The molecule has 2 atom stereocenters. The highest BCUT2D eigenvalue weighted by molar-refractivity contribution is 7.89. The fourth-order valence-corrected chi connectivity index (χ4v) is 6.67. The highest BCUT2D eigenvalue weighted by Gasteiger charge is 2.32. The summed E-state index contributed by atoms with van der Waals surface area (Å²) < 4.78 is 31.8. The number of para-hydroxylation sites is 1. The van der Waals surface area contributed by atoms with Crippen molar-refractivity contribution in [2.24, 2.45) is 7.05 Å². The molecule has 5 aromatic rings. The Hall–Kier alpha value is -3.39. The van der Waals surface area contributed by atoms with Crippen molar-refractivity contribution in [3.8, 4) is 0 Å². The van der Waals surface area contributed by atoms with Gasteiger partial charge in [-0.3, -0.25) is 4.90 Å². The quantitative estimate of drug-likeness (QED) is 0.325. The average molecular weight is 499 g/mol. The van der Waals surface area contributed by atoms with Crippen molar-refractivity contribution in [2.75, 3.05) is 19.6 Å². The minimum atomic E-state index is -3.68. The van der Waals surface area contributed by atoms with Gasteiger partial charge in [0.25, 0.3) is 0 Å². The number of fused-ring (bicyclic) bond motifs is 2. The molecule has 0 spiro atoms. The maximum absolute atomic E-state index is 13.4. The fraction of sp³-hybridized carbons (Fsp3) is 0.241. The maximum atomic E-state index is 13.4. The number of hydrogen-bond donors (Lipinski definition) is 2. The van der Waals surface area contributed by atoms with Gasteiger partial charge in [-0.15, -0.1) is 0 Å². The van der Waals surface area contributed by atoms with Gasteiger partial charge in [0.15, 0.2) is 0 Å². The molecule has 0 aliphatic carbocycles. The second kappa shape index (κ2) is 9.24. The molecule has 2 aromatic heterocycles. The average Bonchev–Trinajstić information content (AvgIpc) is 3.64. The van der Waals surface area contributed by atoms with Gasteiger partial charge >= 0.3 is 0 Å². The van der Waals surface area contributed by atoms with Crippen LogP contribution >= 0.6 is 0 Å². The number of rotatable bonds is 7. The van der Waals surface area contributed by atoms with Crippen molar-refractivity contribution in [1.29, 1.82) is 0 Å². The number of benzene rings is 3. The van der Waals surface area contributed by atoms with Gasteiger partial charge < -0.3 is 9.55 Å². The molecule has 3 heterocycles. The van der Waals surface area contributed by atoms with E-state index in [2.05, 4.69) is 80.9 Å². The number of H-pyrrole nitrogens is 1. The third-order valence-electron chi connectivity index (χ3n) is 7.52. The molecule has 0 saturated carbocycles. The number of nitrogens with one attached hydrogen (secondary N) is 2. The van der Waals surface area contributed by atoms with Crippen LogP contribution in [0.15, 0.2) is 96.2 Å². The van der Waals surface area contributed by atoms with E-state index in [0.29, 0.717) is 12.5 Å². The molecule has 36 heavy (non-hydrogen) atoms. The van der Waals surface area contributed by atoms with E-state index in [4.69, 9.17) is 0 Å². The van der Waals surface area contributed by atoms with Crippen LogP contribution in [0.5, 0.6) is 0 Å². The number of aromatic nitrogens is 2. The third kappa shape index (κ3) is 4.23. The van der Waals surface area contributed by atoms with Gasteiger partial charge in [0, 0.05) is 49.0 Å². The number of nitrogens with zero attached hydrogens (tertiary/aromatic N) is 2. The molecule has 0 bridgehead atoms. The topological polar surface area (TPSA) is 70.1 Å². The first-order valence-electron chi connectivity index (χ1n) is 12.4. The summed E-state index contributed by atoms with van der Waals surface area (Å²) in [6, 6.07) is 26.0. The summed E-state index contributed by atoms with van der Waals surface area (Å²) in [4.78, 5) is 5.82. The Morgan fingerprint density at radius 1 is 1.03 bits per heavy atom. The first-order chi connectivity index (χ1) is 17.5. The fourth-order valence-electron chi connectivity index (χ4n) is 5.61. The highest BCUT2D eigenvalue weighted by Crippen LogP contribution is 2.36. The molecule has 184 valence electrons. The van der Waals surface area contributed by atoms with Crippen LogP contribution in [0.2, 0.25) is 0 Å². The van der Waals surface area contributed by atoms with Gasteiger partial charge in [0.2, 0.25) is 10.0 Å². The molecule has 7 heteroatoms. The summed E-state index contributed by atoms with van der Waals surface area (Å²) in [6.07, 6.45) is 5.04. The van der Waals surface area contributed by atoms with Gasteiger partial charge in [-0.2, -0.15) is 0 Å². The Kier molecular flexibility index (Phi) is 5.91. The Morgan fingerprint density at radius 2 is 1.83 bits per heavy atom. The van der Waals surface area contributed by atoms with Crippen LogP contribution in [0.1, 0.15) is 29.5 Å². The number of sulfonamides is 1. The van der Waals surface area contributed by atoms with Gasteiger partial charge in [-0.05, 0) is 59.7 Å². The van der Waals surface area contributed by atoms with Crippen LogP contribution < -0.4 is 4.72 Å². The molecule has 6 nitrogen and oxygen atoms in total. The van der Waals surface area contributed by atoms with E-state index in [1.165, 1.54) is 10.9 Å². The molecule has 0 amide bonds. The maximum Gasteiger partial charge on any atom is 0.240 e. The third-order valence-corrected chi connectivity index (χ3v) is 8.94. The van der Waals surface area contributed by atoms with Crippen LogP contribution in [-0.4, -0.2) is 42.5 Å². The lowest BCUT2D eigenvalue weighted by atomic mass is 9.98. The molecular formula is C29H30N4O2S. The van der Waals surface area contributed by atoms with Crippen molar-refractivity contribution >= 4 is 31.8 Å². The lowest BCUT2D eigenvalue weighted by Gasteiger charge is -2.28. The molecule has 6 rings (SSSR count). The van der Waals surface area contributed by atoms with E-state index in [1.54, 1.807) is 12.1 Å². The van der Waals surface area contributed by atoms with Crippen molar-refractivity contribution < 1.29 is 8.42 Å².